The maximum absolute atomic E-state index is 11.6. The second kappa shape index (κ2) is 4.04. The van der Waals surface area contributed by atoms with Crippen molar-refractivity contribution in [3.8, 4) is 0 Å². The molecule has 1 aromatic heterocycles. The molecule has 4 nitrogen and oxygen atoms in total. The first-order chi connectivity index (χ1) is 6.81. The van der Waals surface area contributed by atoms with Crippen LogP contribution in [0.5, 0.6) is 0 Å². The van der Waals surface area contributed by atoms with Gasteiger partial charge in [0.2, 0.25) is 5.91 Å². The topological polar surface area (TPSA) is 46.1 Å². The molecular formula is C9H10BrN3O. The van der Waals surface area contributed by atoms with Gasteiger partial charge in [0.1, 0.15) is 12.1 Å². The molecule has 1 aliphatic rings. The van der Waals surface area contributed by atoms with Gasteiger partial charge < -0.3 is 0 Å². The summed E-state index contributed by atoms with van der Waals surface area (Å²) in [6, 6.07) is 1.76. The smallest absolute Gasteiger partial charge is 0.228 e. The van der Waals surface area contributed by atoms with E-state index in [0.717, 1.165) is 11.9 Å². The van der Waals surface area contributed by atoms with E-state index in [-0.39, 0.29) is 5.91 Å². The van der Waals surface area contributed by atoms with E-state index in [1.165, 1.54) is 6.33 Å². The molecule has 1 aromatic rings. The molecule has 1 saturated heterocycles. The van der Waals surface area contributed by atoms with Crippen LogP contribution in [0, 0.1) is 5.92 Å². The molecule has 0 radical (unpaired) electrons. The van der Waals surface area contributed by atoms with E-state index in [0.29, 0.717) is 18.2 Å². The molecule has 2 rings (SSSR count). The zero-order valence-electron chi connectivity index (χ0n) is 7.56. The van der Waals surface area contributed by atoms with Gasteiger partial charge in [-0.25, -0.2) is 9.97 Å². The molecule has 1 aliphatic heterocycles. The number of amides is 1. The summed E-state index contributed by atoms with van der Waals surface area (Å²) in [6.07, 6.45) is 3.72. The maximum Gasteiger partial charge on any atom is 0.228 e. The summed E-state index contributed by atoms with van der Waals surface area (Å²) in [5.74, 6) is 1.25. The molecule has 0 bridgehead atoms. The zero-order valence-corrected chi connectivity index (χ0v) is 9.14. The first kappa shape index (κ1) is 9.58. The van der Waals surface area contributed by atoms with Crippen molar-refractivity contribution in [2.24, 2.45) is 5.92 Å². The summed E-state index contributed by atoms with van der Waals surface area (Å²) in [7, 11) is 0. The molecule has 0 spiro atoms. The summed E-state index contributed by atoms with van der Waals surface area (Å²) >= 11 is 3.39. The Balaban J connectivity index is 2.17. The van der Waals surface area contributed by atoms with E-state index in [1.54, 1.807) is 17.2 Å². The standard InChI is InChI=1S/C9H10BrN3O/c10-4-7-3-9(14)13(5-7)8-1-2-11-6-12-8/h1-2,6-7H,3-5H2. The molecule has 14 heavy (non-hydrogen) atoms. The summed E-state index contributed by atoms with van der Waals surface area (Å²) in [4.78, 5) is 21.2. The van der Waals surface area contributed by atoms with E-state index >= 15 is 0 Å². The van der Waals surface area contributed by atoms with Gasteiger partial charge in [0.15, 0.2) is 0 Å². The highest BCUT2D eigenvalue weighted by Crippen LogP contribution is 2.23. The second-order valence-electron chi connectivity index (χ2n) is 3.30. The van der Waals surface area contributed by atoms with Crippen LogP contribution < -0.4 is 4.90 Å². The van der Waals surface area contributed by atoms with Gasteiger partial charge in [0.25, 0.3) is 0 Å². The van der Waals surface area contributed by atoms with Gasteiger partial charge >= 0.3 is 0 Å². The third-order valence-electron chi connectivity index (χ3n) is 2.27. The minimum atomic E-state index is 0.146. The number of rotatable bonds is 2. The maximum atomic E-state index is 11.6. The molecule has 1 amide bonds. The predicted octanol–water partition coefficient (Wildman–Crippen LogP) is 1.22. The van der Waals surface area contributed by atoms with Gasteiger partial charge in [-0.1, -0.05) is 15.9 Å². The summed E-state index contributed by atoms with van der Waals surface area (Å²) < 4.78 is 0. The van der Waals surface area contributed by atoms with Crippen molar-refractivity contribution in [1.29, 1.82) is 0 Å². The van der Waals surface area contributed by atoms with Crippen molar-refractivity contribution in [3.63, 3.8) is 0 Å². The number of anilines is 1. The number of aromatic nitrogens is 2. The van der Waals surface area contributed by atoms with Crippen molar-refractivity contribution in [3.05, 3.63) is 18.6 Å². The molecular weight excluding hydrogens is 246 g/mol. The number of hydrogen-bond donors (Lipinski definition) is 0. The fourth-order valence-electron chi connectivity index (χ4n) is 1.55. The third-order valence-corrected chi connectivity index (χ3v) is 3.18. The highest BCUT2D eigenvalue weighted by atomic mass is 79.9. The van der Waals surface area contributed by atoms with Gasteiger partial charge in [-0.15, -0.1) is 0 Å². The Kier molecular flexibility index (Phi) is 2.77. The summed E-state index contributed by atoms with van der Waals surface area (Å²) in [6.45, 7) is 0.751. The van der Waals surface area contributed by atoms with E-state index in [9.17, 15) is 4.79 Å². The number of nitrogens with zero attached hydrogens (tertiary/aromatic N) is 3. The van der Waals surface area contributed by atoms with E-state index in [4.69, 9.17) is 0 Å². The van der Waals surface area contributed by atoms with E-state index in [1.807, 2.05) is 0 Å². The van der Waals surface area contributed by atoms with Gasteiger partial charge in [0, 0.05) is 24.5 Å². The second-order valence-corrected chi connectivity index (χ2v) is 3.94. The average molecular weight is 256 g/mol. The Morgan fingerprint density at radius 1 is 1.64 bits per heavy atom. The molecule has 0 aliphatic carbocycles. The minimum Gasteiger partial charge on any atom is -0.296 e. The number of hydrogen-bond acceptors (Lipinski definition) is 3. The predicted molar refractivity (Wildman–Crippen MR) is 56.3 cm³/mol. The molecule has 0 N–H and O–H groups in total. The van der Waals surface area contributed by atoms with Crippen LogP contribution in [0.15, 0.2) is 18.6 Å². The van der Waals surface area contributed by atoms with Crippen LogP contribution in [-0.2, 0) is 4.79 Å². The van der Waals surface area contributed by atoms with Crippen molar-refractivity contribution in [2.75, 3.05) is 16.8 Å². The lowest BCUT2D eigenvalue weighted by Gasteiger charge is -2.14. The summed E-state index contributed by atoms with van der Waals surface area (Å²) in [5, 5.41) is 0.861. The Bertz CT molecular complexity index is 330. The van der Waals surface area contributed by atoms with Crippen LogP contribution in [0.3, 0.4) is 0 Å². The normalized spacial score (nSPS) is 21.6. The highest BCUT2D eigenvalue weighted by molar-refractivity contribution is 9.09. The van der Waals surface area contributed by atoms with Crippen LogP contribution in [0.1, 0.15) is 6.42 Å². The number of carbonyl (C=O) groups excluding carboxylic acids is 1. The van der Waals surface area contributed by atoms with Crippen molar-refractivity contribution in [1.82, 2.24) is 9.97 Å². The van der Waals surface area contributed by atoms with Crippen molar-refractivity contribution in [2.45, 2.75) is 6.42 Å². The van der Waals surface area contributed by atoms with Gasteiger partial charge in [-0.3, -0.25) is 9.69 Å². The monoisotopic (exact) mass is 255 g/mol. The quantitative estimate of drug-likeness (QED) is 0.747. The lowest BCUT2D eigenvalue weighted by atomic mass is 10.2. The molecule has 74 valence electrons. The fraction of sp³-hybridized carbons (Fsp3) is 0.444. The van der Waals surface area contributed by atoms with Gasteiger partial charge in [-0.05, 0) is 12.0 Å². The van der Waals surface area contributed by atoms with Crippen LogP contribution in [-0.4, -0.2) is 27.7 Å². The van der Waals surface area contributed by atoms with Gasteiger partial charge in [-0.2, -0.15) is 0 Å². The van der Waals surface area contributed by atoms with Crippen LogP contribution >= 0.6 is 15.9 Å². The Morgan fingerprint density at radius 3 is 3.07 bits per heavy atom. The minimum absolute atomic E-state index is 0.146. The SMILES string of the molecule is O=C1CC(CBr)CN1c1ccncn1. The van der Waals surface area contributed by atoms with Crippen molar-refractivity contribution < 1.29 is 4.79 Å². The molecule has 1 atom stereocenters. The highest BCUT2D eigenvalue weighted by Gasteiger charge is 2.30. The molecule has 0 aromatic carbocycles. The van der Waals surface area contributed by atoms with Gasteiger partial charge in [0.05, 0.1) is 0 Å². The zero-order chi connectivity index (χ0) is 9.97. The van der Waals surface area contributed by atoms with Crippen LogP contribution in [0.2, 0.25) is 0 Å². The average Bonchev–Trinajstić information content (AvgIpc) is 2.61. The molecule has 1 unspecified atom stereocenters. The van der Waals surface area contributed by atoms with Crippen LogP contribution in [0.4, 0.5) is 5.82 Å². The first-order valence-corrected chi connectivity index (χ1v) is 5.55. The third kappa shape index (κ3) is 1.77. The lowest BCUT2D eigenvalue weighted by molar-refractivity contribution is -0.117. The molecule has 1 fully saturated rings. The van der Waals surface area contributed by atoms with E-state index < -0.39 is 0 Å². The van der Waals surface area contributed by atoms with E-state index in [2.05, 4.69) is 25.9 Å². The first-order valence-electron chi connectivity index (χ1n) is 4.43. The molecule has 5 heteroatoms. The Morgan fingerprint density at radius 2 is 2.50 bits per heavy atom. The number of alkyl halides is 1. The molecule has 2 heterocycles. The lowest BCUT2D eigenvalue weighted by Crippen LogP contribution is -2.25. The number of halogens is 1. The van der Waals surface area contributed by atoms with Crippen LogP contribution in [0.25, 0.3) is 0 Å². The summed E-state index contributed by atoms with van der Waals surface area (Å²) in [5.41, 5.74) is 0. The number of carbonyl (C=O) groups is 1. The fourth-order valence-corrected chi connectivity index (χ4v) is 1.98. The Hall–Kier alpha value is -0.970. The molecule has 0 saturated carbocycles. The largest absolute Gasteiger partial charge is 0.296 e. The van der Waals surface area contributed by atoms with Crippen molar-refractivity contribution >= 4 is 27.7 Å². The Labute approximate surface area is 90.5 Å².